The Bertz CT molecular complexity index is 243. The van der Waals surface area contributed by atoms with Crippen LogP contribution in [0.2, 0.25) is 0 Å². The van der Waals surface area contributed by atoms with Crippen LogP contribution < -0.4 is 5.73 Å². The minimum Gasteiger partial charge on any atom is -0.477 e. The highest BCUT2D eigenvalue weighted by Gasteiger charge is 2.08. The zero-order chi connectivity index (χ0) is 9.56. The van der Waals surface area contributed by atoms with Crippen LogP contribution >= 0.6 is 0 Å². The van der Waals surface area contributed by atoms with Gasteiger partial charge in [0.15, 0.2) is 0 Å². The van der Waals surface area contributed by atoms with Crippen LogP contribution in [-0.2, 0) is 0 Å². The Morgan fingerprint density at radius 1 is 1.75 bits per heavy atom. The van der Waals surface area contributed by atoms with E-state index in [1.165, 1.54) is 12.3 Å². The molecule has 12 heavy (non-hydrogen) atoms. The van der Waals surface area contributed by atoms with Gasteiger partial charge in [0.1, 0.15) is 5.56 Å². The van der Waals surface area contributed by atoms with E-state index in [9.17, 15) is 4.79 Å². The van der Waals surface area contributed by atoms with Crippen molar-refractivity contribution in [3.05, 3.63) is 17.9 Å². The van der Waals surface area contributed by atoms with Crippen molar-refractivity contribution in [3.8, 4) is 0 Å². The summed E-state index contributed by atoms with van der Waals surface area (Å²) in [7, 11) is 0. The first kappa shape index (κ1) is 10.5. The lowest BCUT2D eigenvalue weighted by Gasteiger charge is -1.85. The predicted octanol–water partition coefficient (Wildman–Crippen LogP) is 0.559. The summed E-state index contributed by atoms with van der Waals surface area (Å²) in [6, 6.07) is 1.30. The van der Waals surface area contributed by atoms with E-state index in [4.69, 9.17) is 15.9 Å². The Labute approximate surface area is 69.4 Å². The van der Waals surface area contributed by atoms with E-state index in [1.807, 2.05) is 0 Å². The number of carboxylic acid groups (broad SMARTS) is 1. The van der Waals surface area contributed by atoms with Crippen molar-refractivity contribution in [3.63, 3.8) is 0 Å². The second-order valence-corrected chi connectivity index (χ2v) is 1.82. The molecule has 0 saturated heterocycles. The van der Waals surface area contributed by atoms with Crippen LogP contribution in [0.5, 0.6) is 0 Å². The maximum atomic E-state index is 10.1. The van der Waals surface area contributed by atoms with Gasteiger partial charge in [-0.15, -0.1) is 0 Å². The molecule has 4 N–H and O–H groups in total. The summed E-state index contributed by atoms with van der Waals surface area (Å²) in [5, 5.41) is 15.9. The fraction of sp³-hybridized carbons (Fsp3) is 0.286. The summed E-state index contributed by atoms with van der Waals surface area (Å²) in [5.41, 5.74) is 5.10. The van der Waals surface area contributed by atoms with Crippen molar-refractivity contribution in [1.29, 1.82) is 0 Å². The number of nitrogens with two attached hydrogens (primary N) is 1. The number of aliphatic hydroxyl groups excluding tert-OH is 1. The van der Waals surface area contributed by atoms with Crippen molar-refractivity contribution in [2.75, 3.05) is 12.3 Å². The first-order valence-electron chi connectivity index (χ1n) is 3.30. The molecular weight excluding hydrogens is 162 g/mol. The predicted molar refractivity (Wildman–Crippen MR) is 42.8 cm³/mol. The maximum absolute atomic E-state index is 10.1. The normalized spacial score (nSPS) is 8.50. The smallest absolute Gasteiger partial charge is 0.341 e. The van der Waals surface area contributed by atoms with E-state index < -0.39 is 5.97 Å². The Morgan fingerprint density at radius 2 is 2.25 bits per heavy atom. The third-order valence-electron chi connectivity index (χ3n) is 0.926. The van der Waals surface area contributed by atoms with Gasteiger partial charge in [0.2, 0.25) is 5.88 Å². The van der Waals surface area contributed by atoms with Gasteiger partial charge < -0.3 is 20.4 Å². The molecule has 0 saturated carbocycles. The van der Waals surface area contributed by atoms with Crippen molar-refractivity contribution >= 4 is 11.9 Å². The molecule has 5 heteroatoms. The zero-order valence-corrected chi connectivity index (χ0v) is 6.65. The number of rotatable bonds is 1. The van der Waals surface area contributed by atoms with Gasteiger partial charge in [0.05, 0.1) is 6.26 Å². The van der Waals surface area contributed by atoms with Gasteiger partial charge in [-0.3, -0.25) is 0 Å². The van der Waals surface area contributed by atoms with Crippen LogP contribution in [0, 0.1) is 0 Å². The van der Waals surface area contributed by atoms with E-state index in [-0.39, 0.29) is 18.1 Å². The second kappa shape index (κ2) is 5.20. The molecule has 1 aromatic rings. The topological polar surface area (TPSA) is 96.7 Å². The number of hydrogen-bond acceptors (Lipinski definition) is 4. The minimum atomic E-state index is -1.07. The molecule has 0 aliphatic heterocycles. The van der Waals surface area contributed by atoms with E-state index in [2.05, 4.69) is 4.42 Å². The second-order valence-electron chi connectivity index (χ2n) is 1.82. The highest BCUT2D eigenvalue weighted by molar-refractivity contribution is 5.92. The molecule has 0 fully saturated rings. The summed E-state index contributed by atoms with van der Waals surface area (Å²) in [5.74, 6) is -1.12. The van der Waals surface area contributed by atoms with Crippen LogP contribution in [0.25, 0.3) is 0 Å². The highest BCUT2D eigenvalue weighted by Crippen LogP contribution is 2.10. The van der Waals surface area contributed by atoms with Crippen LogP contribution in [0.4, 0.5) is 5.88 Å². The van der Waals surface area contributed by atoms with Gasteiger partial charge in [-0.05, 0) is 13.0 Å². The molecule has 0 aromatic carbocycles. The third-order valence-corrected chi connectivity index (χ3v) is 0.926. The average molecular weight is 173 g/mol. The molecule has 1 heterocycles. The molecule has 0 amide bonds. The summed E-state index contributed by atoms with van der Waals surface area (Å²) >= 11 is 0. The molecule has 0 atom stereocenters. The van der Waals surface area contributed by atoms with Crippen LogP contribution in [0.1, 0.15) is 17.3 Å². The van der Waals surface area contributed by atoms with Gasteiger partial charge in [-0.2, -0.15) is 0 Å². The van der Waals surface area contributed by atoms with Crippen LogP contribution in [0.15, 0.2) is 16.7 Å². The fourth-order valence-corrected chi connectivity index (χ4v) is 0.498. The summed E-state index contributed by atoms with van der Waals surface area (Å²) < 4.78 is 4.52. The number of aliphatic hydroxyl groups is 1. The molecule has 1 rings (SSSR count). The molecule has 0 radical (unpaired) electrons. The Kier molecular flexibility index (Phi) is 4.55. The highest BCUT2D eigenvalue weighted by atomic mass is 16.4. The average Bonchev–Trinajstić information content (AvgIpc) is 2.36. The lowest BCUT2D eigenvalue weighted by molar-refractivity contribution is 0.0697. The number of nitrogen functional groups attached to an aromatic ring is 1. The quantitative estimate of drug-likeness (QED) is 0.576. The van der Waals surface area contributed by atoms with Crippen molar-refractivity contribution in [2.45, 2.75) is 6.92 Å². The van der Waals surface area contributed by atoms with Crippen molar-refractivity contribution in [2.24, 2.45) is 0 Å². The standard InChI is InChI=1S/C5H5NO3.C2H6O/c6-4-3(5(7)8)1-2-9-4;1-2-3/h1-2H,6H2,(H,7,8);3H,2H2,1H3. The zero-order valence-electron chi connectivity index (χ0n) is 6.65. The Hall–Kier alpha value is -1.49. The Morgan fingerprint density at radius 3 is 2.42 bits per heavy atom. The molecule has 0 spiro atoms. The molecule has 68 valence electrons. The molecule has 0 aliphatic carbocycles. The number of carboxylic acids is 1. The molecule has 0 bridgehead atoms. The molecule has 0 unspecified atom stereocenters. The molecular formula is C7H11NO4. The monoisotopic (exact) mass is 173 g/mol. The van der Waals surface area contributed by atoms with E-state index in [0.717, 1.165) is 0 Å². The van der Waals surface area contributed by atoms with Gasteiger partial charge in [-0.1, -0.05) is 0 Å². The number of anilines is 1. The van der Waals surface area contributed by atoms with Gasteiger partial charge in [-0.25, -0.2) is 4.79 Å². The Balaban J connectivity index is 0.000000354. The van der Waals surface area contributed by atoms with Gasteiger partial charge >= 0.3 is 5.97 Å². The first-order chi connectivity index (χ1) is 5.63. The van der Waals surface area contributed by atoms with E-state index in [0.29, 0.717) is 0 Å². The SMILES string of the molecule is CCO.Nc1occc1C(=O)O. The van der Waals surface area contributed by atoms with E-state index in [1.54, 1.807) is 6.92 Å². The fourth-order valence-electron chi connectivity index (χ4n) is 0.498. The number of furan rings is 1. The number of aromatic carboxylic acids is 1. The molecule has 0 aliphatic rings. The number of carbonyl (C=O) groups is 1. The lowest BCUT2D eigenvalue weighted by Crippen LogP contribution is -1.97. The largest absolute Gasteiger partial charge is 0.477 e. The van der Waals surface area contributed by atoms with Crippen LogP contribution in [0.3, 0.4) is 0 Å². The maximum Gasteiger partial charge on any atom is 0.341 e. The molecule has 5 nitrogen and oxygen atoms in total. The minimum absolute atomic E-state index is 0.00926. The van der Waals surface area contributed by atoms with Crippen LogP contribution in [-0.4, -0.2) is 22.8 Å². The van der Waals surface area contributed by atoms with Crippen molar-refractivity contribution in [1.82, 2.24) is 0 Å². The summed E-state index contributed by atoms with van der Waals surface area (Å²) in [6.45, 7) is 1.93. The van der Waals surface area contributed by atoms with Gasteiger partial charge in [0, 0.05) is 6.61 Å². The lowest BCUT2D eigenvalue weighted by atomic mass is 10.3. The van der Waals surface area contributed by atoms with Gasteiger partial charge in [0.25, 0.3) is 0 Å². The summed E-state index contributed by atoms with van der Waals surface area (Å²) in [4.78, 5) is 10.1. The first-order valence-corrected chi connectivity index (χ1v) is 3.30. The third kappa shape index (κ3) is 3.07. The van der Waals surface area contributed by atoms with Crippen molar-refractivity contribution < 1.29 is 19.4 Å². The summed E-state index contributed by atoms with van der Waals surface area (Å²) in [6.07, 6.45) is 1.23. The van der Waals surface area contributed by atoms with E-state index >= 15 is 0 Å². The molecule has 1 aromatic heterocycles. The number of hydrogen-bond donors (Lipinski definition) is 3.